The summed E-state index contributed by atoms with van der Waals surface area (Å²) in [5.41, 5.74) is 1.17. The molecule has 0 radical (unpaired) electrons. The molecule has 1 atom stereocenters. The molecule has 0 saturated heterocycles. The molecule has 0 amide bonds. The molecule has 0 spiro atoms. The van der Waals surface area contributed by atoms with Gasteiger partial charge in [0.25, 0.3) is 0 Å². The van der Waals surface area contributed by atoms with E-state index in [1.165, 1.54) is 5.57 Å². The van der Waals surface area contributed by atoms with Crippen molar-refractivity contribution in [2.24, 2.45) is 0 Å². The van der Waals surface area contributed by atoms with Crippen molar-refractivity contribution in [2.75, 3.05) is 0 Å². The zero-order valence-corrected chi connectivity index (χ0v) is 14.7. The van der Waals surface area contributed by atoms with Crippen LogP contribution in [-0.4, -0.2) is 13.9 Å². The van der Waals surface area contributed by atoms with Gasteiger partial charge in [0.05, 0.1) is 5.60 Å². The van der Waals surface area contributed by atoms with Crippen molar-refractivity contribution in [3.05, 3.63) is 24.3 Å². The molecule has 0 N–H and O–H groups in total. The number of hydrogen-bond acceptors (Lipinski definition) is 1. The molecule has 0 saturated carbocycles. The van der Waals surface area contributed by atoms with E-state index in [-0.39, 0.29) is 10.6 Å². The van der Waals surface area contributed by atoms with Gasteiger partial charge in [-0.2, -0.15) is 0 Å². The average Bonchev–Trinajstić information content (AvgIpc) is 2.14. The van der Waals surface area contributed by atoms with Gasteiger partial charge >= 0.3 is 0 Å². The molecule has 0 heterocycles. The van der Waals surface area contributed by atoms with Crippen molar-refractivity contribution in [1.29, 1.82) is 0 Å². The van der Waals surface area contributed by atoms with Crippen molar-refractivity contribution in [3.63, 3.8) is 0 Å². The van der Waals surface area contributed by atoms with E-state index in [2.05, 4.69) is 67.3 Å². The van der Waals surface area contributed by atoms with Crippen molar-refractivity contribution >= 4 is 8.32 Å². The summed E-state index contributed by atoms with van der Waals surface area (Å²) < 4.78 is 6.51. The second-order valence-corrected chi connectivity index (χ2v) is 11.9. The van der Waals surface area contributed by atoms with E-state index in [1.807, 2.05) is 6.08 Å². The fraction of sp³-hybridized carbons (Fsp3) is 0.750. The van der Waals surface area contributed by atoms with Gasteiger partial charge in [0.1, 0.15) is 0 Å². The Kier molecular flexibility index (Phi) is 6.08. The topological polar surface area (TPSA) is 9.23 Å². The van der Waals surface area contributed by atoms with E-state index in [0.717, 1.165) is 12.8 Å². The summed E-state index contributed by atoms with van der Waals surface area (Å²) in [6.45, 7) is 21.8. The van der Waals surface area contributed by atoms with Crippen LogP contribution in [0, 0.1) is 0 Å². The fourth-order valence-electron chi connectivity index (χ4n) is 1.58. The smallest absolute Gasteiger partial charge is 0.193 e. The molecular formula is C16H32OSi. The van der Waals surface area contributed by atoms with Crippen LogP contribution in [0.1, 0.15) is 54.4 Å². The maximum atomic E-state index is 6.51. The Hall–Kier alpha value is -0.343. The van der Waals surface area contributed by atoms with Crippen LogP contribution in [0.5, 0.6) is 0 Å². The highest BCUT2D eigenvalue weighted by molar-refractivity contribution is 6.74. The van der Waals surface area contributed by atoms with E-state index < -0.39 is 8.32 Å². The van der Waals surface area contributed by atoms with Crippen LogP contribution in [-0.2, 0) is 4.43 Å². The maximum Gasteiger partial charge on any atom is 0.193 e. The van der Waals surface area contributed by atoms with E-state index in [4.69, 9.17) is 4.43 Å². The Labute approximate surface area is 115 Å². The van der Waals surface area contributed by atoms with E-state index >= 15 is 0 Å². The lowest BCUT2D eigenvalue weighted by Crippen LogP contribution is -2.47. The lowest BCUT2D eigenvalue weighted by molar-refractivity contribution is 0.113. The second-order valence-electron chi connectivity index (χ2n) is 7.20. The fourth-order valence-corrected chi connectivity index (χ4v) is 3.24. The molecule has 0 aliphatic heterocycles. The van der Waals surface area contributed by atoms with Crippen LogP contribution in [0.2, 0.25) is 18.1 Å². The Morgan fingerprint density at radius 3 is 2.00 bits per heavy atom. The van der Waals surface area contributed by atoms with E-state index in [1.54, 1.807) is 0 Å². The SMILES string of the molecule is C=CC(C)(CCC=C(C)C)O[Si](C)(C)C(C)(C)C. The summed E-state index contributed by atoms with van der Waals surface area (Å²) in [6.07, 6.45) is 6.32. The first-order chi connectivity index (χ1) is 7.93. The van der Waals surface area contributed by atoms with Gasteiger partial charge in [-0.25, -0.2) is 0 Å². The van der Waals surface area contributed by atoms with Crippen molar-refractivity contribution < 1.29 is 4.43 Å². The highest BCUT2D eigenvalue weighted by Gasteiger charge is 2.41. The minimum Gasteiger partial charge on any atom is -0.408 e. The standard InChI is InChI=1S/C16H32OSi/c1-10-16(7,13-11-12-14(2)3)17-18(8,9)15(4,5)6/h10,12H,1,11,13H2,2-9H3. The van der Waals surface area contributed by atoms with Crippen molar-refractivity contribution in [3.8, 4) is 0 Å². The first kappa shape index (κ1) is 17.7. The van der Waals surface area contributed by atoms with Crippen LogP contribution in [0.25, 0.3) is 0 Å². The third kappa shape index (κ3) is 5.53. The highest BCUT2D eigenvalue weighted by atomic mass is 28.4. The van der Waals surface area contributed by atoms with E-state index in [0.29, 0.717) is 0 Å². The van der Waals surface area contributed by atoms with Crippen LogP contribution in [0.4, 0.5) is 0 Å². The summed E-state index contributed by atoms with van der Waals surface area (Å²) in [5.74, 6) is 0. The van der Waals surface area contributed by atoms with Crippen LogP contribution >= 0.6 is 0 Å². The van der Waals surface area contributed by atoms with Gasteiger partial charge in [-0.05, 0) is 51.7 Å². The van der Waals surface area contributed by atoms with Gasteiger partial charge in [-0.1, -0.05) is 38.5 Å². The van der Waals surface area contributed by atoms with Gasteiger partial charge in [-0.15, -0.1) is 6.58 Å². The van der Waals surface area contributed by atoms with E-state index in [9.17, 15) is 0 Å². The predicted octanol–water partition coefficient (Wildman–Crippen LogP) is 5.70. The van der Waals surface area contributed by atoms with Gasteiger partial charge < -0.3 is 4.43 Å². The second kappa shape index (κ2) is 6.20. The molecular weight excluding hydrogens is 236 g/mol. The summed E-state index contributed by atoms with van der Waals surface area (Å²) in [4.78, 5) is 0. The molecule has 2 heteroatoms. The third-order valence-corrected chi connectivity index (χ3v) is 8.51. The third-order valence-electron chi connectivity index (χ3n) is 3.92. The van der Waals surface area contributed by atoms with Crippen molar-refractivity contribution in [2.45, 2.75) is 78.1 Å². The molecule has 1 nitrogen and oxygen atoms in total. The van der Waals surface area contributed by atoms with Gasteiger partial charge in [0.2, 0.25) is 0 Å². The lowest BCUT2D eigenvalue weighted by atomic mass is 10.00. The van der Waals surface area contributed by atoms with Crippen LogP contribution in [0.15, 0.2) is 24.3 Å². The van der Waals surface area contributed by atoms with Gasteiger partial charge in [0.15, 0.2) is 8.32 Å². The van der Waals surface area contributed by atoms with Gasteiger partial charge in [-0.3, -0.25) is 0 Å². The molecule has 0 aliphatic carbocycles. The van der Waals surface area contributed by atoms with Crippen molar-refractivity contribution in [1.82, 2.24) is 0 Å². The van der Waals surface area contributed by atoms with Gasteiger partial charge in [0, 0.05) is 0 Å². The highest BCUT2D eigenvalue weighted by Crippen LogP contribution is 2.40. The lowest BCUT2D eigenvalue weighted by Gasteiger charge is -2.43. The first-order valence-electron chi connectivity index (χ1n) is 6.91. The zero-order chi connectivity index (χ0) is 14.6. The molecule has 0 aliphatic rings. The number of hydrogen-bond donors (Lipinski definition) is 0. The summed E-state index contributed by atoms with van der Waals surface area (Å²) in [6, 6.07) is 0. The Bertz CT molecular complexity index is 306. The summed E-state index contributed by atoms with van der Waals surface area (Å²) in [7, 11) is -1.73. The molecule has 1 unspecified atom stereocenters. The molecule has 0 rings (SSSR count). The molecule has 18 heavy (non-hydrogen) atoms. The van der Waals surface area contributed by atoms with Crippen LogP contribution in [0.3, 0.4) is 0 Å². The summed E-state index contributed by atoms with van der Waals surface area (Å²) >= 11 is 0. The minimum atomic E-state index is -1.73. The molecule has 106 valence electrons. The maximum absolute atomic E-state index is 6.51. The molecule has 0 bridgehead atoms. The summed E-state index contributed by atoms with van der Waals surface area (Å²) in [5, 5.41) is 0.244. The Balaban J connectivity index is 4.77. The average molecular weight is 269 g/mol. The normalized spacial score (nSPS) is 16.0. The Morgan fingerprint density at radius 1 is 1.17 bits per heavy atom. The number of rotatable bonds is 6. The first-order valence-corrected chi connectivity index (χ1v) is 9.81. The molecule has 0 aromatic carbocycles. The Morgan fingerprint density at radius 2 is 1.67 bits per heavy atom. The number of allylic oxidation sites excluding steroid dienone is 2. The predicted molar refractivity (Wildman–Crippen MR) is 85.5 cm³/mol. The molecule has 0 fully saturated rings. The quantitative estimate of drug-likeness (QED) is 0.443. The molecule has 0 aromatic heterocycles. The van der Waals surface area contributed by atoms with Crippen LogP contribution < -0.4 is 0 Å². The molecule has 0 aromatic rings. The monoisotopic (exact) mass is 268 g/mol. The largest absolute Gasteiger partial charge is 0.408 e. The zero-order valence-electron chi connectivity index (χ0n) is 13.7. The minimum absolute atomic E-state index is 0.199.